The van der Waals surface area contributed by atoms with Crippen molar-refractivity contribution in [2.75, 3.05) is 16.0 Å². The quantitative estimate of drug-likeness (QED) is 0.489. The molecule has 2 rings (SSSR count). The second kappa shape index (κ2) is 8.19. The highest BCUT2D eigenvalue weighted by Crippen LogP contribution is 2.24. The Hall–Kier alpha value is -3.30. The molecule has 0 heterocycles. The van der Waals surface area contributed by atoms with E-state index in [0.29, 0.717) is 27.6 Å². The lowest BCUT2D eigenvalue weighted by Crippen LogP contribution is -2.25. The highest BCUT2D eigenvalue weighted by molar-refractivity contribution is 6.31. The molecule has 0 saturated heterocycles. The van der Waals surface area contributed by atoms with Gasteiger partial charge in [-0.25, -0.2) is 0 Å². The second-order valence-electron chi connectivity index (χ2n) is 5.50. The largest absolute Gasteiger partial charge is 0.399 e. The Kier molecular flexibility index (Phi) is 5.99. The molecule has 0 aromatic heterocycles. The van der Waals surface area contributed by atoms with E-state index in [1.54, 1.807) is 49.4 Å². The highest BCUT2D eigenvalue weighted by Gasteiger charge is 2.16. The molecular formula is C19H17ClN4O2. The minimum Gasteiger partial charge on any atom is -0.399 e. The van der Waals surface area contributed by atoms with Crippen LogP contribution in [0.15, 0.2) is 54.2 Å². The minimum atomic E-state index is -0.639. The number of anilines is 3. The van der Waals surface area contributed by atoms with Crippen molar-refractivity contribution in [1.29, 1.82) is 5.26 Å². The monoisotopic (exact) mass is 368 g/mol. The lowest BCUT2D eigenvalue weighted by molar-refractivity contribution is -0.116. The maximum absolute atomic E-state index is 12.4. The number of benzene rings is 2. The van der Waals surface area contributed by atoms with E-state index in [1.165, 1.54) is 18.0 Å². The number of rotatable bonds is 4. The summed E-state index contributed by atoms with van der Waals surface area (Å²) in [6, 6.07) is 13.4. The first-order chi connectivity index (χ1) is 12.3. The van der Waals surface area contributed by atoms with Gasteiger partial charge in [-0.1, -0.05) is 17.7 Å². The summed E-state index contributed by atoms with van der Waals surface area (Å²) in [7, 11) is 0. The van der Waals surface area contributed by atoms with Crippen LogP contribution in [0.5, 0.6) is 0 Å². The van der Waals surface area contributed by atoms with Crippen LogP contribution >= 0.6 is 11.6 Å². The topological polar surface area (TPSA) is 99.2 Å². The summed E-state index contributed by atoms with van der Waals surface area (Å²) in [5.41, 5.74) is 7.62. The molecule has 3 N–H and O–H groups in total. The molecule has 2 amide bonds. The molecule has 6 nitrogen and oxygen atoms in total. The van der Waals surface area contributed by atoms with Gasteiger partial charge in [0.15, 0.2) is 0 Å². The highest BCUT2D eigenvalue weighted by atomic mass is 35.5. The van der Waals surface area contributed by atoms with Crippen LogP contribution in [0.4, 0.5) is 17.1 Å². The molecule has 132 valence electrons. The lowest BCUT2D eigenvalue weighted by atomic mass is 10.2. The first-order valence-corrected chi connectivity index (χ1v) is 8.05. The zero-order valence-electron chi connectivity index (χ0n) is 14.3. The summed E-state index contributed by atoms with van der Waals surface area (Å²) in [6.45, 7) is 3.09. The van der Waals surface area contributed by atoms with E-state index in [9.17, 15) is 14.9 Å². The number of nitrogens with one attached hydrogen (secondary N) is 1. The summed E-state index contributed by atoms with van der Waals surface area (Å²) in [5, 5.41) is 12.5. The predicted molar refractivity (Wildman–Crippen MR) is 103 cm³/mol. The molecule has 0 radical (unpaired) electrons. The van der Waals surface area contributed by atoms with Gasteiger partial charge in [-0.05, 0) is 48.9 Å². The van der Waals surface area contributed by atoms with Crippen molar-refractivity contribution >= 4 is 40.5 Å². The number of halogens is 1. The first kappa shape index (κ1) is 19.0. The smallest absolute Gasteiger partial charge is 0.267 e. The molecule has 2 aromatic rings. The lowest BCUT2D eigenvalue weighted by Gasteiger charge is -2.17. The normalized spacial score (nSPS) is 10.8. The Morgan fingerprint density at radius 3 is 2.46 bits per heavy atom. The fourth-order valence-corrected chi connectivity index (χ4v) is 2.36. The Balaban J connectivity index is 2.33. The average Bonchev–Trinajstić information content (AvgIpc) is 2.60. The molecule has 0 aliphatic carbocycles. The van der Waals surface area contributed by atoms with E-state index in [0.717, 1.165) is 0 Å². The maximum Gasteiger partial charge on any atom is 0.267 e. The fourth-order valence-electron chi connectivity index (χ4n) is 2.18. The van der Waals surface area contributed by atoms with Crippen molar-refractivity contribution in [2.45, 2.75) is 13.8 Å². The zero-order valence-corrected chi connectivity index (χ0v) is 15.0. The second-order valence-corrected chi connectivity index (χ2v) is 5.91. The molecule has 0 bridgehead atoms. The number of amides is 2. The van der Waals surface area contributed by atoms with Crippen LogP contribution in [-0.2, 0) is 9.59 Å². The van der Waals surface area contributed by atoms with Gasteiger partial charge < -0.3 is 11.1 Å². The third-order valence-corrected chi connectivity index (χ3v) is 4.06. The molecule has 0 atom stereocenters. The predicted octanol–water partition coefficient (Wildman–Crippen LogP) is 3.63. The van der Waals surface area contributed by atoms with Crippen LogP contribution in [0.1, 0.15) is 12.5 Å². The Morgan fingerprint density at radius 2 is 1.88 bits per heavy atom. The number of carbonyl (C=O) groups excluding carboxylic acids is 2. The molecule has 0 spiro atoms. The molecule has 0 saturated carbocycles. The summed E-state index contributed by atoms with van der Waals surface area (Å²) in [5.74, 6) is -0.992. The van der Waals surface area contributed by atoms with Gasteiger partial charge in [0.1, 0.15) is 11.6 Å². The molecule has 0 aliphatic heterocycles. The number of hydrogen-bond acceptors (Lipinski definition) is 4. The van der Waals surface area contributed by atoms with Crippen LogP contribution in [0, 0.1) is 18.3 Å². The zero-order chi connectivity index (χ0) is 19.3. The number of nitrogens with zero attached hydrogens (tertiary/aromatic N) is 2. The van der Waals surface area contributed by atoms with Crippen LogP contribution in [0.25, 0.3) is 0 Å². The van der Waals surface area contributed by atoms with Crippen LogP contribution in [-0.4, -0.2) is 11.8 Å². The average molecular weight is 369 g/mol. The Bertz CT molecular complexity index is 914. The SMILES string of the molecule is CC(=O)N(/C=C(/C#N)C(=O)Nc1cccc(Cl)c1C)c1ccc(N)cc1. The summed E-state index contributed by atoms with van der Waals surface area (Å²) in [6.07, 6.45) is 1.20. The van der Waals surface area contributed by atoms with Gasteiger partial charge in [-0.2, -0.15) is 5.26 Å². The van der Waals surface area contributed by atoms with E-state index in [-0.39, 0.29) is 11.5 Å². The third kappa shape index (κ3) is 4.41. The molecule has 0 unspecified atom stereocenters. The standard InChI is InChI=1S/C19H17ClN4O2/c1-12-17(20)4-3-5-18(12)23-19(26)14(10-21)11-24(13(2)25)16-8-6-15(22)7-9-16/h3-9,11H,22H2,1-2H3,(H,23,26)/b14-11-. The van der Waals surface area contributed by atoms with Crippen molar-refractivity contribution in [3.8, 4) is 6.07 Å². The van der Waals surface area contributed by atoms with Gasteiger partial charge in [-0.3, -0.25) is 14.5 Å². The number of nitrogen functional groups attached to an aromatic ring is 1. The van der Waals surface area contributed by atoms with Gasteiger partial charge in [0, 0.05) is 35.2 Å². The van der Waals surface area contributed by atoms with Crippen LogP contribution < -0.4 is 16.0 Å². The first-order valence-electron chi connectivity index (χ1n) is 7.67. The van der Waals surface area contributed by atoms with Gasteiger partial charge >= 0.3 is 0 Å². The number of hydrogen-bond donors (Lipinski definition) is 2. The molecule has 0 fully saturated rings. The number of nitrogens with two attached hydrogens (primary N) is 1. The van der Waals surface area contributed by atoms with Gasteiger partial charge in [0.25, 0.3) is 5.91 Å². The number of carbonyl (C=O) groups is 2. The van der Waals surface area contributed by atoms with Crippen molar-refractivity contribution in [3.63, 3.8) is 0 Å². The van der Waals surface area contributed by atoms with E-state index < -0.39 is 5.91 Å². The molecule has 7 heteroatoms. The van der Waals surface area contributed by atoms with Crippen molar-refractivity contribution in [3.05, 3.63) is 64.8 Å². The number of nitriles is 1. The molecule has 26 heavy (non-hydrogen) atoms. The fraction of sp³-hybridized carbons (Fsp3) is 0.105. The molecular weight excluding hydrogens is 352 g/mol. The van der Waals surface area contributed by atoms with E-state index in [2.05, 4.69) is 5.32 Å². The molecule has 2 aromatic carbocycles. The molecule has 0 aliphatic rings. The van der Waals surface area contributed by atoms with Crippen molar-refractivity contribution < 1.29 is 9.59 Å². The summed E-state index contributed by atoms with van der Waals surface area (Å²) in [4.78, 5) is 25.6. The Labute approximate surface area is 156 Å². The van der Waals surface area contributed by atoms with Gasteiger partial charge in [0.05, 0.1) is 0 Å². The minimum absolute atomic E-state index is 0.226. The van der Waals surface area contributed by atoms with Gasteiger partial charge in [-0.15, -0.1) is 0 Å². The Morgan fingerprint density at radius 1 is 1.23 bits per heavy atom. The summed E-state index contributed by atoms with van der Waals surface area (Å²) >= 11 is 6.04. The van der Waals surface area contributed by atoms with E-state index in [1.807, 2.05) is 6.07 Å². The van der Waals surface area contributed by atoms with Gasteiger partial charge in [0.2, 0.25) is 5.91 Å². The third-order valence-electron chi connectivity index (χ3n) is 3.65. The maximum atomic E-state index is 12.4. The van der Waals surface area contributed by atoms with Crippen LogP contribution in [0.2, 0.25) is 5.02 Å². The van der Waals surface area contributed by atoms with Crippen molar-refractivity contribution in [1.82, 2.24) is 0 Å². The van der Waals surface area contributed by atoms with E-state index >= 15 is 0 Å². The summed E-state index contributed by atoms with van der Waals surface area (Å²) < 4.78 is 0. The van der Waals surface area contributed by atoms with E-state index in [4.69, 9.17) is 17.3 Å². The van der Waals surface area contributed by atoms with Crippen molar-refractivity contribution in [2.24, 2.45) is 0 Å². The van der Waals surface area contributed by atoms with Crippen LogP contribution in [0.3, 0.4) is 0 Å².